The molecule has 1 aromatic rings. The van der Waals surface area contributed by atoms with Crippen LogP contribution in [0, 0.1) is 11.3 Å². The summed E-state index contributed by atoms with van der Waals surface area (Å²) in [6.07, 6.45) is 10.5. The van der Waals surface area contributed by atoms with E-state index in [1.54, 1.807) is 0 Å². The predicted octanol–water partition coefficient (Wildman–Crippen LogP) is 2.61. The summed E-state index contributed by atoms with van der Waals surface area (Å²) in [5.74, 6) is 0.137. The standard InChI is InChI=1S/C16H24N6OS/c17-12-16(9-5-2-6-10-16)18-14(23)11-24-15-19-20-21-22(15)13-7-3-1-4-8-13/h13H,1-11H2,(H,18,23). The van der Waals surface area contributed by atoms with Gasteiger partial charge in [-0.05, 0) is 36.1 Å². The zero-order chi connectivity index (χ0) is 16.8. The van der Waals surface area contributed by atoms with Crippen LogP contribution in [0.1, 0.15) is 70.3 Å². The van der Waals surface area contributed by atoms with E-state index in [1.807, 2.05) is 4.68 Å². The Kier molecular flexibility index (Phi) is 5.72. The van der Waals surface area contributed by atoms with E-state index in [4.69, 9.17) is 0 Å². The van der Waals surface area contributed by atoms with Crippen molar-refractivity contribution in [1.29, 1.82) is 5.26 Å². The fourth-order valence-corrected chi connectivity index (χ4v) is 4.43. The van der Waals surface area contributed by atoms with Crippen molar-refractivity contribution in [2.45, 2.75) is 80.9 Å². The highest BCUT2D eigenvalue weighted by atomic mass is 32.2. The molecule has 0 unspecified atom stereocenters. The molecular formula is C16H24N6OS. The van der Waals surface area contributed by atoms with Gasteiger partial charge in [-0.2, -0.15) is 5.26 Å². The summed E-state index contributed by atoms with van der Waals surface area (Å²) in [6.45, 7) is 0. The van der Waals surface area contributed by atoms with Crippen LogP contribution in [0.4, 0.5) is 0 Å². The number of carbonyl (C=O) groups is 1. The highest BCUT2D eigenvalue weighted by molar-refractivity contribution is 7.99. The maximum atomic E-state index is 12.3. The molecule has 1 aromatic heterocycles. The number of nitrogens with one attached hydrogen (secondary N) is 1. The Labute approximate surface area is 146 Å². The molecule has 3 rings (SSSR count). The summed E-state index contributed by atoms with van der Waals surface area (Å²) in [5.41, 5.74) is -0.675. The smallest absolute Gasteiger partial charge is 0.231 e. The van der Waals surface area contributed by atoms with Crippen molar-refractivity contribution < 1.29 is 4.79 Å². The molecule has 7 nitrogen and oxygen atoms in total. The second kappa shape index (κ2) is 7.97. The van der Waals surface area contributed by atoms with Gasteiger partial charge in [-0.1, -0.05) is 50.3 Å². The molecule has 0 aromatic carbocycles. The largest absolute Gasteiger partial charge is 0.337 e. The van der Waals surface area contributed by atoms with Gasteiger partial charge in [-0.25, -0.2) is 4.68 Å². The van der Waals surface area contributed by atoms with Gasteiger partial charge in [0.25, 0.3) is 0 Å². The quantitative estimate of drug-likeness (QED) is 0.822. The first-order valence-corrected chi connectivity index (χ1v) is 9.84. The third-order valence-corrected chi connectivity index (χ3v) is 5.95. The molecule has 0 bridgehead atoms. The highest BCUT2D eigenvalue weighted by Gasteiger charge is 2.33. The van der Waals surface area contributed by atoms with Crippen LogP contribution in [0.3, 0.4) is 0 Å². The lowest BCUT2D eigenvalue weighted by molar-refractivity contribution is -0.120. The van der Waals surface area contributed by atoms with Crippen molar-refractivity contribution in [3.63, 3.8) is 0 Å². The first-order chi connectivity index (χ1) is 11.7. The SMILES string of the molecule is N#CC1(NC(=O)CSc2nnnn2C2CCCCC2)CCCCC1. The van der Waals surface area contributed by atoms with Crippen molar-refractivity contribution in [2.24, 2.45) is 0 Å². The van der Waals surface area contributed by atoms with Crippen LogP contribution < -0.4 is 5.32 Å². The van der Waals surface area contributed by atoms with Gasteiger partial charge in [-0.3, -0.25) is 4.79 Å². The second-order valence-corrected chi connectivity index (χ2v) is 7.73. The maximum Gasteiger partial charge on any atom is 0.231 e. The van der Waals surface area contributed by atoms with E-state index >= 15 is 0 Å². The summed E-state index contributed by atoms with van der Waals surface area (Å²) in [7, 11) is 0. The molecule has 8 heteroatoms. The van der Waals surface area contributed by atoms with Gasteiger partial charge in [0.1, 0.15) is 5.54 Å². The van der Waals surface area contributed by atoms with E-state index < -0.39 is 5.54 Å². The molecule has 2 fully saturated rings. The molecule has 0 atom stereocenters. The maximum absolute atomic E-state index is 12.3. The van der Waals surface area contributed by atoms with Crippen LogP contribution in [-0.2, 0) is 4.79 Å². The molecule has 1 amide bonds. The number of aromatic nitrogens is 4. The lowest BCUT2D eigenvalue weighted by Gasteiger charge is -2.31. The molecule has 0 saturated heterocycles. The van der Waals surface area contributed by atoms with Gasteiger partial charge >= 0.3 is 0 Å². The van der Waals surface area contributed by atoms with Crippen molar-refractivity contribution in [2.75, 3.05) is 5.75 Å². The topological polar surface area (TPSA) is 96.5 Å². The van der Waals surface area contributed by atoms with Crippen LogP contribution in [0.2, 0.25) is 0 Å². The molecule has 2 saturated carbocycles. The summed E-state index contributed by atoms with van der Waals surface area (Å²) >= 11 is 1.36. The normalized spacial score (nSPS) is 21.1. The first-order valence-electron chi connectivity index (χ1n) is 8.85. The van der Waals surface area contributed by atoms with Crippen molar-refractivity contribution in [1.82, 2.24) is 25.5 Å². The lowest BCUT2D eigenvalue weighted by Crippen LogP contribution is -2.49. The highest BCUT2D eigenvalue weighted by Crippen LogP contribution is 2.31. The number of hydrogen-bond acceptors (Lipinski definition) is 6. The van der Waals surface area contributed by atoms with Crippen LogP contribution in [0.25, 0.3) is 0 Å². The minimum Gasteiger partial charge on any atom is -0.337 e. The predicted molar refractivity (Wildman–Crippen MR) is 90.2 cm³/mol. The van der Waals surface area contributed by atoms with Crippen molar-refractivity contribution in [3.05, 3.63) is 0 Å². The average molecular weight is 348 g/mol. The van der Waals surface area contributed by atoms with Gasteiger partial charge in [0.2, 0.25) is 11.1 Å². The number of nitriles is 1. The molecule has 2 aliphatic carbocycles. The first kappa shape index (κ1) is 17.2. The van der Waals surface area contributed by atoms with E-state index in [-0.39, 0.29) is 11.7 Å². The second-order valence-electron chi connectivity index (χ2n) is 6.79. The number of amides is 1. The van der Waals surface area contributed by atoms with Gasteiger partial charge in [0, 0.05) is 0 Å². The Balaban J connectivity index is 1.55. The third kappa shape index (κ3) is 4.07. The fourth-order valence-electron chi connectivity index (χ4n) is 3.69. The summed E-state index contributed by atoms with van der Waals surface area (Å²) in [4.78, 5) is 12.3. The van der Waals surface area contributed by atoms with E-state index in [2.05, 4.69) is 26.9 Å². The van der Waals surface area contributed by atoms with Gasteiger partial charge in [-0.15, -0.1) is 5.10 Å². The van der Waals surface area contributed by atoms with Crippen LogP contribution in [0.5, 0.6) is 0 Å². The monoisotopic (exact) mass is 348 g/mol. The van der Waals surface area contributed by atoms with Gasteiger partial charge < -0.3 is 5.32 Å². The van der Waals surface area contributed by atoms with E-state index in [0.29, 0.717) is 11.2 Å². The van der Waals surface area contributed by atoms with Gasteiger partial charge in [0.15, 0.2) is 0 Å². The summed E-state index contributed by atoms with van der Waals surface area (Å²) in [5, 5.41) is 25.1. The molecular weight excluding hydrogens is 324 g/mol. The molecule has 130 valence electrons. The number of thioether (sulfide) groups is 1. The Morgan fingerprint density at radius 3 is 2.67 bits per heavy atom. The Morgan fingerprint density at radius 2 is 1.96 bits per heavy atom. The van der Waals surface area contributed by atoms with Crippen molar-refractivity contribution >= 4 is 17.7 Å². The Bertz CT molecular complexity index is 598. The fraction of sp³-hybridized carbons (Fsp3) is 0.812. The molecule has 0 aliphatic heterocycles. The zero-order valence-electron chi connectivity index (χ0n) is 13.9. The molecule has 0 radical (unpaired) electrons. The van der Waals surface area contributed by atoms with Crippen LogP contribution >= 0.6 is 11.8 Å². The zero-order valence-corrected chi connectivity index (χ0v) is 14.7. The lowest BCUT2D eigenvalue weighted by atomic mass is 9.83. The van der Waals surface area contributed by atoms with Crippen LogP contribution in [-0.4, -0.2) is 37.4 Å². The third-order valence-electron chi connectivity index (χ3n) is 5.02. The Morgan fingerprint density at radius 1 is 1.25 bits per heavy atom. The average Bonchev–Trinajstić information content (AvgIpc) is 3.10. The molecule has 1 N–H and O–H groups in total. The minimum absolute atomic E-state index is 0.110. The van der Waals surface area contributed by atoms with E-state index in [0.717, 1.165) is 44.9 Å². The molecule has 0 spiro atoms. The number of hydrogen-bond donors (Lipinski definition) is 1. The number of tetrazole rings is 1. The molecule has 1 heterocycles. The number of carbonyl (C=O) groups excluding carboxylic acids is 1. The summed E-state index contributed by atoms with van der Waals surface area (Å²) < 4.78 is 1.87. The van der Waals surface area contributed by atoms with Gasteiger partial charge in [0.05, 0.1) is 17.9 Å². The molecule has 2 aliphatic rings. The number of nitrogens with zero attached hydrogens (tertiary/aromatic N) is 5. The van der Waals surface area contributed by atoms with Crippen molar-refractivity contribution in [3.8, 4) is 6.07 Å². The van der Waals surface area contributed by atoms with Crippen LogP contribution in [0.15, 0.2) is 5.16 Å². The van der Waals surface area contributed by atoms with E-state index in [9.17, 15) is 10.1 Å². The van der Waals surface area contributed by atoms with E-state index in [1.165, 1.54) is 31.0 Å². The number of rotatable bonds is 5. The minimum atomic E-state index is -0.675. The Hall–Kier alpha value is -1.62. The molecule has 24 heavy (non-hydrogen) atoms. The summed E-state index contributed by atoms with van der Waals surface area (Å²) in [6, 6.07) is 2.67.